The molecule has 6 atom stereocenters. The fraction of sp³-hybridized carbons (Fsp3) is 0.769. The predicted octanol–water partition coefficient (Wildman–Crippen LogP) is 8.62. The first-order valence-electron chi connectivity index (χ1n) is 11.4. The number of fused-ring (bicyclic) bond motifs is 2. The first-order chi connectivity index (χ1) is 12.6. The normalized spacial score (nSPS) is 33.5. The van der Waals surface area contributed by atoms with Crippen LogP contribution < -0.4 is 0 Å². The number of hydrogen-bond acceptors (Lipinski definition) is 0. The molecular weight excluding hydrogens is 402 g/mol. The van der Waals surface area contributed by atoms with Crippen molar-refractivity contribution in [3.05, 3.63) is 43.6 Å². The van der Waals surface area contributed by atoms with E-state index in [2.05, 4.69) is 47.4 Å². The first kappa shape index (κ1) is 29.2. The molecule has 0 aromatic carbocycles. The zero-order valence-electron chi connectivity index (χ0n) is 20.7. The summed E-state index contributed by atoms with van der Waals surface area (Å²) in [7, 11) is -1.50. The second kappa shape index (κ2) is 12.3. The van der Waals surface area contributed by atoms with Crippen molar-refractivity contribution in [2.24, 2.45) is 29.6 Å². The summed E-state index contributed by atoms with van der Waals surface area (Å²) in [4.78, 5) is 5.39. The van der Waals surface area contributed by atoms with Crippen LogP contribution in [0.2, 0.25) is 18.6 Å². The van der Waals surface area contributed by atoms with Crippen molar-refractivity contribution in [2.45, 2.75) is 97.3 Å². The Bertz CT molecular complexity index is 507. The molecule has 0 amide bonds. The summed E-state index contributed by atoms with van der Waals surface area (Å²) in [6.07, 6.45) is 16.8. The molecule has 0 N–H and O–H groups in total. The summed E-state index contributed by atoms with van der Waals surface area (Å²) in [5, 5.41) is 0. The zero-order valence-corrected chi connectivity index (χ0v) is 23.2. The van der Waals surface area contributed by atoms with Crippen LogP contribution in [-0.4, -0.2) is 13.8 Å². The largest absolute Gasteiger partial charge is 3.00 e. The van der Waals surface area contributed by atoms with Crippen LogP contribution in [0.15, 0.2) is 24.8 Å². The van der Waals surface area contributed by atoms with Crippen molar-refractivity contribution in [1.29, 1.82) is 0 Å². The maximum atomic E-state index is 5.39. The van der Waals surface area contributed by atoms with Crippen LogP contribution in [0.3, 0.4) is 0 Å². The van der Waals surface area contributed by atoms with E-state index < -0.39 is 8.24 Å². The Morgan fingerprint density at radius 1 is 1.03 bits per heavy atom. The van der Waals surface area contributed by atoms with Gasteiger partial charge in [0, 0.05) is 0 Å². The van der Waals surface area contributed by atoms with Gasteiger partial charge in [0.15, 0.2) is 0 Å². The molecule has 6 unspecified atom stereocenters. The summed E-state index contributed by atoms with van der Waals surface area (Å²) >= 11 is 0. The van der Waals surface area contributed by atoms with Crippen molar-refractivity contribution in [2.75, 3.05) is 0 Å². The third kappa shape index (κ3) is 8.02. The second-order valence-electron chi connectivity index (χ2n) is 11.0. The minimum absolute atomic E-state index is 0. The van der Waals surface area contributed by atoms with Gasteiger partial charge in [0.05, 0.1) is 0 Å². The van der Waals surface area contributed by atoms with Crippen molar-refractivity contribution >= 4 is 8.24 Å². The number of allylic oxidation sites excluding steroid dienone is 3. The van der Waals surface area contributed by atoms with Gasteiger partial charge in [0.1, 0.15) is 0 Å². The molecule has 0 aromatic heterocycles. The monoisotopic (exact) mass is 450 g/mol. The van der Waals surface area contributed by atoms with Gasteiger partial charge >= 0.3 is 21.7 Å². The average molecular weight is 451 g/mol. The SMILES string of the molecule is C=C[CH-]/C=C/C.CC1CC2CC3CCCC3CC2C1[Si](C)(C)[N-]C(C)(C)C.[CH3-].[Ti+3]. The van der Waals surface area contributed by atoms with Crippen LogP contribution in [-0.2, 0) is 21.7 Å². The maximum absolute atomic E-state index is 5.39. The molecule has 3 aliphatic carbocycles. The van der Waals surface area contributed by atoms with E-state index in [1.165, 1.54) is 19.3 Å². The van der Waals surface area contributed by atoms with Gasteiger partial charge in [-0.15, -0.1) is 5.54 Å². The smallest absolute Gasteiger partial charge is 0.660 e. The Morgan fingerprint density at radius 3 is 2.10 bits per heavy atom. The molecule has 0 spiro atoms. The van der Waals surface area contributed by atoms with Crippen molar-refractivity contribution < 1.29 is 21.7 Å². The molecule has 29 heavy (non-hydrogen) atoms. The predicted molar refractivity (Wildman–Crippen MR) is 131 cm³/mol. The Labute approximate surface area is 199 Å². The summed E-state index contributed by atoms with van der Waals surface area (Å²) in [5.41, 5.74) is 1.10. The Morgan fingerprint density at radius 2 is 1.62 bits per heavy atom. The summed E-state index contributed by atoms with van der Waals surface area (Å²) < 4.78 is 0. The van der Waals surface area contributed by atoms with Gasteiger partial charge in [-0.25, -0.2) is 0 Å². The first-order valence-corrected chi connectivity index (χ1v) is 14.4. The summed E-state index contributed by atoms with van der Waals surface area (Å²) in [6, 6.07) is 0. The molecule has 0 aliphatic heterocycles. The molecular formula is C26H48NSiTi. The van der Waals surface area contributed by atoms with E-state index in [1.54, 1.807) is 25.3 Å². The molecule has 3 fully saturated rings. The minimum Gasteiger partial charge on any atom is -0.660 e. The van der Waals surface area contributed by atoms with Gasteiger partial charge < -0.3 is 12.4 Å². The van der Waals surface area contributed by atoms with Crippen LogP contribution >= 0.6 is 0 Å². The molecule has 0 heterocycles. The zero-order chi connectivity index (χ0) is 20.2. The number of hydrogen-bond donors (Lipinski definition) is 0. The molecule has 165 valence electrons. The molecule has 0 bridgehead atoms. The van der Waals surface area contributed by atoms with E-state index in [1.807, 2.05) is 25.5 Å². The molecule has 1 radical (unpaired) electrons. The molecule has 0 aromatic rings. The fourth-order valence-corrected chi connectivity index (χ4v) is 11.8. The molecule has 3 rings (SSSR count). The van der Waals surface area contributed by atoms with Crippen molar-refractivity contribution in [3.8, 4) is 0 Å². The van der Waals surface area contributed by atoms with Crippen LogP contribution in [0.25, 0.3) is 4.98 Å². The second-order valence-corrected chi connectivity index (χ2v) is 15.2. The van der Waals surface area contributed by atoms with E-state index in [4.69, 9.17) is 4.98 Å². The van der Waals surface area contributed by atoms with Gasteiger partial charge in [0.25, 0.3) is 0 Å². The third-order valence-corrected chi connectivity index (χ3v) is 11.1. The summed E-state index contributed by atoms with van der Waals surface area (Å²) in [6.45, 7) is 20.0. The molecule has 3 aliphatic rings. The van der Waals surface area contributed by atoms with E-state index in [-0.39, 0.29) is 34.7 Å². The van der Waals surface area contributed by atoms with E-state index in [0.29, 0.717) is 0 Å². The van der Waals surface area contributed by atoms with Crippen LogP contribution in [0.5, 0.6) is 0 Å². The van der Waals surface area contributed by atoms with E-state index in [0.717, 1.165) is 35.1 Å². The maximum Gasteiger partial charge on any atom is 3.00 e. The van der Waals surface area contributed by atoms with Crippen LogP contribution in [0, 0.1) is 43.4 Å². The number of nitrogens with zero attached hydrogens (tertiary/aromatic N) is 1. The summed E-state index contributed by atoms with van der Waals surface area (Å²) in [5.74, 6) is 5.17. The third-order valence-electron chi connectivity index (χ3n) is 7.23. The fourth-order valence-electron chi connectivity index (χ4n) is 6.95. The van der Waals surface area contributed by atoms with Gasteiger partial charge in [-0.05, 0) is 48.9 Å². The molecule has 0 saturated heterocycles. The van der Waals surface area contributed by atoms with Crippen molar-refractivity contribution in [1.82, 2.24) is 0 Å². The Kier molecular flexibility index (Phi) is 12.4. The quantitative estimate of drug-likeness (QED) is 0.301. The van der Waals surface area contributed by atoms with Crippen LogP contribution in [0.4, 0.5) is 0 Å². The van der Waals surface area contributed by atoms with Crippen LogP contribution in [0.1, 0.15) is 73.1 Å². The standard InChI is InChI=1S/C19H36NSi.C6H9.CH3.Ti/c1-13-10-16-11-14-8-7-9-15(14)12-17(16)18(13)21(5,6)20-19(2,3)4;1-3-5-6-4-2;;/h13-18H,7-12H2,1-6H3;3-6H,1H2,2H3;1H3;/q3*-1;+3/b;6-4+;;. The molecule has 1 nitrogen and oxygen atoms in total. The van der Waals surface area contributed by atoms with E-state index in [9.17, 15) is 0 Å². The Balaban J connectivity index is 0.000000866. The Hall–Kier alpha value is 0.241. The van der Waals surface area contributed by atoms with E-state index >= 15 is 0 Å². The van der Waals surface area contributed by atoms with Gasteiger partial charge in [-0.2, -0.15) is 31.2 Å². The van der Waals surface area contributed by atoms with Gasteiger partial charge in [-0.1, -0.05) is 80.8 Å². The van der Waals surface area contributed by atoms with Gasteiger partial charge in [0.2, 0.25) is 0 Å². The molecule has 3 saturated carbocycles. The molecule has 3 heteroatoms. The topological polar surface area (TPSA) is 14.1 Å². The van der Waals surface area contributed by atoms with Crippen molar-refractivity contribution in [3.63, 3.8) is 0 Å². The number of rotatable bonds is 4. The van der Waals surface area contributed by atoms with Gasteiger partial charge in [-0.3, -0.25) is 0 Å². The average Bonchev–Trinajstić information content (AvgIpc) is 3.11. The minimum atomic E-state index is -1.50.